The molecule has 0 atom stereocenters. The average Bonchev–Trinajstić information content (AvgIpc) is 2.56. The lowest BCUT2D eigenvalue weighted by Gasteiger charge is -2.40. The highest BCUT2D eigenvalue weighted by Crippen LogP contribution is 2.33. The van der Waals surface area contributed by atoms with Crippen molar-refractivity contribution in [3.8, 4) is 6.07 Å². The van der Waals surface area contributed by atoms with Crippen LogP contribution in [0.15, 0.2) is 30.3 Å². The number of nitriles is 1. The summed E-state index contributed by atoms with van der Waals surface area (Å²) in [6, 6.07) is 12.0. The molecule has 116 valence electrons. The predicted octanol–water partition coefficient (Wildman–Crippen LogP) is 3.05. The van der Waals surface area contributed by atoms with Gasteiger partial charge in [0.25, 0.3) is 0 Å². The monoisotopic (exact) mass is 318 g/mol. The second-order valence-corrected chi connectivity index (χ2v) is 6.01. The lowest BCUT2D eigenvalue weighted by Crippen LogP contribution is -2.54. The molecule has 0 aliphatic heterocycles. The Morgan fingerprint density at radius 1 is 1.18 bits per heavy atom. The first kappa shape index (κ1) is 16.5. The molecule has 0 bridgehead atoms. The number of halogens is 1. The summed E-state index contributed by atoms with van der Waals surface area (Å²) in [7, 11) is 0. The minimum atomic E-state index is -1.02. The highest BCUT2D eigenvalue weighted by molar-refractivity contribution is 6.80. The number of benzene rings is 1. The van der Waals surface area contributed by atoms with Crippen molar-refractivity contribution in [1.29, 1.82) is 5.26 Å². The molecule has 0 unspecified atom stereocenters. The van der Waals surface area contributed by atoms with Crippen molar-refractivity contribution in [3.63, 3.8) is 0 Å². The molecule has 1 saturated carbocycles. The van der Waals surface area contributed by atoms with Crippen LogP contribution in [0.5, 0.6) is 0 Å². The van der Waals surface area contributed by atoms with E-state index in [1.54, 1.807) is 0 Å². The number of carbonyl (C=O) groups excluding carboxylic acids is 2. The van der Waals surface area contributed by atoms with Crippen molar-refractivity contribution < 1.29 is 9.59 Å². The predicted molar refractivity (Wildman–Crippen MR) is 84.1 cm³/mol. The van der Waals surface area contributed by atoms with Gasteiger partial charge in [-0.05, 0) is 36.4 Å². The van der Waals surface area contributed by atoms with Gasteiger partial charge in [0, 0.05) is 6.54 Å². The molecule has 5 heteroatoms. The number of nitrogens with zero attached hydrogens (tertiary/aromatic N) is 2. The highest BCUT2D eigenvalue weighted by atomic mass is 35.5. The van der Waals surface area contributed by atoms with Crippen molar-refractivity contribution in [2.45, 2.75) is 44.1 Å². The molecule has 22 heavy (non-hydrogen) atoms. The summed E-state index contributed by atoms with van der Waals surface area (Å²) in [5, 5.41) is 8.62. The summed E-state index contributed by atoms with van der Waals surface area (Å²) in [5.41, 5.74) is 0.167. The molecular weight excluding hydrogens is 300 g/mol. The quantitative estimate of drug-likeness (QED) is 0.619. The number of rotatable bonds is 5. The first-order valence-corrected chi connectivity index (χ1v) is 7.93. The zero-order valence-corrected chi connectivity index (χ0v) is 13.2. The molecule has 0 heterocycles. The van der Waals surface area contributed by atoms with Gasteiger partial charge >= 0.3 is 11.1 Å². The Balaban J connectivity index is 2.20. The SMILES string of the molecule is N#CC1(N(CCc2ccccc2)C(=O)C(=O)Cl)CCCCC1. The average molecular weight is 319 g/mol. The maximum absolute atomic E-state index is 12.2. The third kappa shape index (κ3) is 3.66. The van der Waals surface area contributed by atoms with Crippen LogP contribution in [0.1, 0.15) is 37.7 Å². The summed E-state index contributed by atoms with van der Waals surface area (Å²) in [6.45, 7) is 0.328. The Hall–Kier alpha value is -1.86. The lowest BCUT2D eigenvalue weighted by atomic mass is 9.81. The normalized spacial score (nSPS) is 16.5. The van der Waals surface area contributed by atoms with Crippen LogP contribution in [0.3, 0.4) is 0 Å². The fraction of sp³-hybridized carbons (Fsp3) is 0.471. The van der Waals surface area contributed by atoms with Gasteiger partial charge in [-0.3, -0.25) is 9.59 Å². The third-order valence-corrected chi connectivity index (χ3v) is 4.45. The molecule has 1 aliphatic rings. The molecular formula is C17H19ClN2O2. The molecule has 1 aromatic rings. The van der Waals surface area contributed by atoms with Crippen LogP contribution in [0.25, 0.3) is 0 Å². The fourth-order valence-electron chi connectivity index (χ4n) is 3.08. The summed E-state index contributed by atoms with van der Waals surface area (Å²) < 4.78 is 0. The minimum Gasteiger partial charge on any atom is -0.316 e. The van der Waals surface area contributed by atoms with Gasteiger partial charge < -0.3 is 4.90 Å². The molecule has 0 aromatic heterocycles. The highest BCUT2D eigenvalue weighted by Gasteiger charge is 2.42. The van der Waals surface area contributed by atoms with Crippen LogP contribution in [-0.4, -0.2) is 28.1 Å². The van der Waals surface area contributed by atoms with Gasteiger partial charge in [-0.25, -0.2) is 0 Å². The molecule has 1 aromatic carbocycles. The second kappa shape index (κ2) is 7.42. The zero-order valence-electron chi connectivity index (χ0n) is 12.4. The third-order valence-electron chi connectivity index (χ3n) is 4.29. The smallest absolute Gasteiger partial charge is 0.310 e. The van der Waals surface area contributed by atoms with Crippen LogP contribution >= 0.6 is 11.6 Å². The maximum atomic E-state index is 12.2. The molecule has 0 saturated heterocycles. The van der Waals surface area contributed by atoms with Gasteiger partial charge in [0.2, 0.25) is 0 Å². The van der Waals surface area contributed by atoms with Crippen molar-refractivity contribution in [2.24, 2.45) is 0 Å². The fourth-order valence-corrected chi connectivity index (χ4v) is 3.18. The largest absolute Gasteiger partial charge is 0.316 e. The Kier molecular flexibility index (Phi) is 5.57. The molecule has 0 N–H and O–H groups in total. The molecule has 0 spiro atoms. The number of hydrogen-bond acceptors (Lipinski definition) is 3. The number of hydrogen-bond donors (Lipinski definition) is 0. The van der Waals surface area contributed by atoms with Crippen LogP contribution in [0.2, 0.25) is 0 Å². The number of amides is 1. The second-order valence-electron chi connectivity index (χ2n) is 5.67. The van der Waals surface area contributed by atoms with E-state index in [0.717, 1.165) is 24.8 Å². The molecule has 1 aliphatic carbocycles. The topological polar surface area (TPSA) is 61.2 Å². The zero-order chi connectivity index (χ0) is 16.0. The van der Waals surface area contributed by atoms with E-state index in [1.165, 1.54) is 4.90 Å². The van der Waals surface area contributed by atoms with E-state index in [9.17, 15) is 14.9 Å². The standard InChI is InChI=1S/C17H19ClN2O2/c18-15(21)16(22)20(12-9-14-7-3-1-4-8-14)17(13-19)10-5-2-6-11-17/h1,3-4,7-8H,2,5-6,9-12H2. The van der Waals surface area contributed by atoms with Crippen molar-refractivity contribution in [2.75, 3.05) is 6.54 Å². The molecule has 0 radical (unpaired) electrons. The minimum absolute atomic E-state index is 0.328. The Bertz CT molecular complexity index is 574. The van der Waals surface area contributed by atoms with Crippen LogP contribution < -0.4 is 0 Å². The lowest BCUT2D eigenvalue weighted by molar-refractivity contribution is -0.144. The summed E-state index contributed by atoms with van der Waals surface area (Å²) in [6.07, 6.45) is 4.64. The maximum Gasteiger partial charge on any atom is 0.310 e. The van der Waals surface area contributed by atoms with E-state index >= 15 is 0 Å². The summed E-state index contributed by atoms with van der Waals surface area (Å²) in [4.78, 5) is 25.0. The summed E-state index contributed by atoms with van der Waals surface area (Å²) in [5.74, 6) is -0.763. The van der Waals surface area contributed by atoms with Gasteiger partial charge in [-0.15, -0.1) is 0 Å². The van der Waals surface area contributed by atoms with Crippen molar-refractivity contribution in [3.05, 3.63) is 35.9 Å². The van der Waals surface area contributed by atoms with Crippen molar-refractivity contribution >= 4 is 22.8 Å². The van der Waals surface area contributed by atoms with E-state index in [1.807, 2.05) is 30.3 Å². The van der Waals surface area contributed by atoms with Gasteiger partial charge in [0.05, 0.1) is 6.07 Å². The van der Waals surface area contributed by atoms with E-state index < -0.39 is 16.7 Å². The first-order chi connectivity index (χ1) is 10.6. The Morgan fingerprint density at radius 3 is 2.36 bits per heavy atom. The van der Waals surface area contributed by atoms with Gasteiger partial charge in [-0.2, -0.15) is 5.26 Å². The molecule has 1 fully saturated rings. The van der Waals surface area contributed by atoms with Crippen molar-refractivity contribution in [1.82, 2.24) is 4.90 Å². The van der Waals surface area contributed by atoms with Crippen LogP contribution in [0, 0.1) is 11.3 Å². The van der Waals surface area contributed by atoms with Crippen LogP contribution in [0.4, 0.5) is 0 Å². The summed E-state index contributed by atoms with van der Waals surface area (Å²) >= 11 is 5.40. The van der Waals surface area contributed by atoms with Gasteiger partial charge in [-0.1, -0.05) is 49.6 Å². The Labute approximate surface area is 135 Å². The molecule has 2 rings (SSSR count). The van der Waals surface area contributed by atoms with E-state index in [0.29, 0.717) is 25.8 Å². The van der Waals surface area contributed by atoms with Gasteiger partial charge in [0.15, 0.2) is 0 Å². The van der Waals surface area contributed by atoms with Crippen LogP contribution in [-0.2, 0) is 16.0 Å². The van der Waals surface area contributed by atoms with Gasteiger partial charge in [0.1, 0.15) is 5.54 Å². The van der Waals surface area contributed by atoms with E-state index in [4.69, 9.17) is 11.6 Å². The van der Waals surface area contributed by atoms with E-state index in [2.05, 4.69) is 6.07 Å². The first-order valence-electron chi connectivity index (χ1n) is 7.56. The Morgan fingerprint density at radius 2 is 1.82 bits per heavy atom. The van der Waals surface area contributed by atoms with E-state index in [-0.39, 0.29) is 0 Å². The molecule has 1 amide bonds. The molecule has 4 nitrogen and oxygen atoms in total. The number of carbonyl (C=O) groups is 2.